The van der Waals surface area contributed by atoms with Crippen LogP contribution in [0.1, 0.15) is 49.1 Å². The first-order valence-electron chi connectivity index (χ1n) is 6.64. The molecule has 1 fully saturated rings. The van der Waals surface area contributed by atoms with Crippen LogP contribution in [0.3, 0.4) is 0 Å². The lowest BCUT2D eigenvalue weighted by atomic mass is 9.78. The molecule has 2 unspecified atom stereocenters. The largest absolute Gasteiger partial charge is 0.378 e. The van der Waals surface area contributed by atoms with Crippen molar-refractivity contribution in [2.24, 2.45) is 0 Å². The van der Waals surface area contributed by atoms with E-state index in [1.807, 2.05) is 0 Å². The Bertz CT molecular complexity index is 352. The first kappa shape index (κ1) is 10.3. The maximum atomic E-state index is 5.97. The van der Waals surface area contributed by atoms with Gasteiger partial charge in [0.2, 0.25) is 0 Å². The van der Waals surface area contributed by atoms with E-state index in [1.165, 1.54) is 38.5 Å². The zero-order valence-corrected chi connectivity index (χ0v) is 9.82. The third kappa shape index (κ3) is 1.89. The molecule has 1 aromatic rings. The number of fused-ring (bicyclic) bond motifs is 1. The van der Waals surface area contributed by atoms with Crippen molar-refractivity contribution in [1.29, 1.82) is 0 Å². The second kappa shape index (κ2) is 4.58. The van der Waals surface area contributed by atoms with Gasteiger partial charge in [-0.25, -0.2) is 0 Å². The lowest BCUT2D eigenvalue weighted by Crippen LogP contribution is -2.29. The minimum atomic E-state index is 0.496. The molecule has 0 radical (unpaired) electrons. The molecule has 86 valence electrons. The van der Waals surface area contributed by atoms with Crippen molar-refractivity contribution >= 4 is 0 Å². The van der Waals surface area contributed by atoms with Gasteiger partial charge in [-0.3, -0.25) is 0 Å². The number of aryl methyl sites for hydroxylation is 1. The molecule has 1 nitrogen and oxygen atoms in total. The standard InChI is InChI=1S/C15H20O/c1-2-8-13-12(6-1)7-5-9-14(13)15-10-3-4-11-16-15/h1-2,6,8,14-15H,3-5,7,9-11H2. The van der Waals surface area contributed by atoms with E-state index in [-0.39, 0.29) is 0 Å². The number of benzene rings is 1. The fourth-order valence-electron chi connectivity index (χ4n) is 3.26. The first-order chi connectivity index (χ1) is 7.95. The number of ether oxygens (including phenoxy) is 1. The average molecular weight is 216 g/mol. The number of hydrogen-bond donors (Lipinski definition) is 0. The van der Waals surface area contributed by atoms with Gasteiger partial charge in [-0.05, 0) is 49.7 Å². The van der Waals surface area contributed by atoms with Crippen molar-refractivity contribution in [2.45, 2.75) is 50.5 Å². The van der Waals surface area contributed by atoms with Gasteiger partial charge in [-0.2, -0.15) is 0 Å². The maximum absolute atomic E-state index is 5.97. The Morgan fingerprint density at radius 2 is 1.94 bits per heavy atom. The molecule has 0 bridgehead atoms. The molecule has 2 aliphatic rings. The van der Waals surface area contributed by atoms with E-state index in [0.717, 1.165) is 6.61 Å². The van der Waals surface area contributed by atoms with Crippen molar-refractivity contribution < 1.29 is 4.74 Å². The van der Waals surface area contributed by atoms with E-state index in [1.54, 1.807) is 11.1 Å². The fraction of sp³-hybridized carbons (Fsp3) is 0.600. The Kier molecular flexibility index (Phi) is 2.96. The molecular weight excluding hydrogens is 196 g/mol. The van der Waals surface area contributed by atoms with Crippen molar-refractivity contribution in [1.82, 2.24) is 0 Å². The molecule has 3 rings (SSSR count). The molecule has 0 saturated carbocycles. The molecule has 0 spiro atoms. The van der Waals surface area contributed by atoms with E-state index in [9.17, 15) is 0 Å². The smallest absolute Gasteiger partial charge is 0.0643 e. The predicted octanol–water partition coefficient (Wildman–Crippen LogP) is 3.68. The lowest BCUT2D eigenvalue weighted by Gasteiger charge is -2.34. The highest BCUT2D eigenvalue weighted by Crippen LogP contribution is 2.37. The summed E-state index contributed by atoms with van der Waals surface area (Å²) in [7, 11) is 0. The average Bonchev–Trinajstić information content (AvgIpc) is 2.39. The second-order valence-electron chi connectivity index (χ2n) is 5.10. The van der Waals surface area contributed by atoms with Gasteiger partial charge in [0, 0.05) is 12.5 Å². The highest BCUT2D eigenvalue weighted by atomic mass is 16.5. The molecule has 0 aromatic heterocycles. The maximum Gasteiger partial charge on any atom is 0.0643 e. The van der Waals surface area contributed by atoms with E-state index in [4.69, 9.17) is 4.74 Å². The van der Waals surface area contributed by atoms with E-state index >= 15 is 0 Å². The predicted molar refractivity (Wildman–Crippen MR) is 65.7 cm³/mol. The van der Waals surface area contributed by atoms with Gasteiger partial charge in [0.05, 0.1) is 6.10 Å². The van der Waals surface area contributed by atoms with E-state index in [2.05, 4.69) is 24.3 Å². The monoisotopic (exact) mass is 216 g/mol. The summed E-state index contributed by atoms with van der Waals surface area (Å²) >= 11 is 0. The summed E-state index contributed by atoms with van der Waals surface area (Å²) in [5, 5.41) is 0. The third-order valence-corrected chi connectivity index (χ3v) is 4.08. The fourth-order valence-corrected chi connectivity index (χ4v) is 3.26. The van der Waals surface area contributed by atoms with Crippen LogP contribution in [-0.2, 0) is 11.2 Å². The van der Waals surface area contributed by atoms with E-state index in [0.29, 0.717) is 12.0 Å². The lowest BCUT2D eigenvalue weighted by molar-refractivity contribution is -0.00440. The van der Waals surface area contributed by atoms with Crippen LogP contribution in [0, 0.1) is 0 Å². The normalized spacial score (nSPS) is 29.8. The zero-order valence-electron chi connectivity index (χ0n) is 9.82. The molecule has 1 aliphatic carbocycles. The van der Waals surface area contributed by atoms with Gasteiger partial charge < -0.3 is 4.74 Å². The summed E-state index contributed by atoms with van der Waals surface area (Å²) in [6.45, 7) is 0.976. The van der Waals surface area contributed by atoms with Crippen LogP contribution in [-0.4, -0.2) is 12.7 Å². The highest BCUT2D eigenvalue weighted by Gasteiger charge is 2.29. The number of rotatable bonds is 1. The summed E-state index contributed by atoms with van der Waals surface area (Å²) in [4.78, 5) is 0. The summed E-state index contributed by atoms with van der Waals surface area (Å²) in [6, 6.07) is 8.96. The second-order valence-corrected chi connectivity index (χ2v) is 5.10. The summed E-state index contributed by atoms with van der Waals surface area (Å²) in [6.07, 6.45) is 8.28. The SMILES string of the molecule is c1ccc2c(c1)CCCC2C1CCCCO1. The molecule has 1 aliphatic heterocycles. The van der Waals surface area contributed by atoms with Crippen molar-refractivity contribution in [3.8, 4) is 0 Å². The van der Waals surface area contributed by atoms with Crippen molar-refractivity contribution in [3.05, 3.63) is 35.4 Å². The molecule has 2 atom stereocenters. The van der Waals surface area contributed by atoms with E-state index < -0.39 is 0 Å². The van der Waals surface area contributed by atoms with Crippen LogP contribution in [0.5, 0.6) is 0 Å². The topological polar surface area (TPSA) is 9.23 Å². The van der Waals surface area contributed by atoms with Crippen LogP contribution in [0.4, 0.5) is 0 Å². The number of hydrogen-bond acceptors (Lipinski definition) is 1. The molecule has 1 aromatic carbocycles. The van der Waals surface area contributed by atoms with Crippen molar-refractivity contribution in [3.63, 3.8) is 0 Å². The molecule has 0 N–H and O–H groups in total. The molecule has 0 amide bonds. The van der Waals surface area contributed by atoms with Gasteiger partial charge in [-0.1, -0.05) is 24.3 Å². The molecule has 16 heavy (non-hydrogen) atoms. The van der Waals surface area contributed by atoms with Crippen LogP contribution in [0.25, 0.3) is 0 Å². The first-order valence-corrected chi connectivity index (χ1v) is 6.64. The molecule has 1 saturated heterocycles. The van der Waals surface area contributed by atoms with Gasteiger partial charge in [0.15, 0.2) is 0 Å². The van der Waals surface area contributed by atoms with Crippen LogP contribution >= 0.6 is 0 Å². The summed E-state index contributed by atoms with van der Waals surface area (Å²) in [5.74, 6) is 0.672. The Morgan fingerprint density at radius 1 is 1.00 bits per heavy atom. The molecule has 1 heterocycles. The van der Waals surface area contributed by atoms with Crippen LogP contribution in [0.15, 0.2) is 24.3 Å². The van der Waals surface area contributed by atoms with Gasteiger partial charge in [0.1, 0.15) is 0 Å². The zero-order chi connectivity index (χ0) is 10.8. The Hall–Kier alpha value is -0.820. The van der Waals surface area contributed by atoms with Crippen LogP contribution < -0.4 is 0 Å². The molecule has 1 heteroatoms. The molecular formula is C15H20O. The van der Waals surface area contributed by atoms with Gasteiger partial charge >= 0.3 is 0 Å². The Labute approximate surface area is 97.8 Å². The van der Waals surface area contributed by atoms with Crippen molar-refractivity contribution in [2.75, 3.05) is 6.61 Å². The Balaban J connectivity index is 1.86. The van der Waals surface area contributed by atoms with Crippen LogP contribution in [0.2, 0.25) is 0 Å². The van der Waals surface area contributed by atoms with Gasteiger partial charge in [0.25, 0.3) is 0 Å². The minimum absolute atomic E-state index is 0.496. The highest BCUT2D eigenvalue weighted by molar-refractivity contribution is 5.33. The quantitative estimate of drug-likeness (QED) is 0.696. The Morgan fingerprint density at radius 3 is 2.81 bits per heavy atom. The summed E-state index contributed by atoms with van der Waals surface area (Å²) < 4.78 is 5.97. The third-order valence-electron chi connectivity index (χ3n) is 4.08. The summed E-state index contributed by atoms with van der Waals surface area (Å²) in [5.41, 5.74) is 3.13. The minimum Gasteiger partial charge on any atom is -0.378 e. The van der Waals surface area contributed by atoms with Gasteiger partial charge in [-0.15, -0.1) is 0 Å².